The van der Waals surface area contributed by atoms with Crippen LogP contribution in [0, 0.1) is 17.3 Å². The van der Waals surface area contributed by atoms with E-state index in [2.05, 4.69) is 44.8 Å². The first kappa shape index (κ1) is 17.3. The minimum atomic E-state index is 0.525. The van der Waals surface area contributed by atoms with Crippen LogP contribution in [0.25, 0.3) is 0 Å². The van der Waals surface area contributed by atoms with Gasteiger partial charge in [-0.2, -0.15) is 0 Å². The van der Waals surface area contributed by atoms with E-state index in [1.165, 1.54) is 58.2 Å². The topological polar surface area (TPSA) is 15.3 Å². The molecule has 1 N–H and O–H groups in total. The van der Waals surface area contributed by atoms with Crippen LogP contribution in [0.15, 0.2) is 0 Å². The maximum absolute atomic E-state index is 3.76. The molecule has 2 fully saturated rings. The van der Waals surface area contributed by atoms with Crippen molar-refractivity contribution in [1.29, 1.82) is 0 Å². The van der Waals surface area contributed by atoms with Gasteiger partial charge in [0.15, 0.2) is 0 Å². The van der Waals surface area contributed by atoms with Gasteiger partial charge in [-0.1, -0.05) is 40.5 Å². The summed E-state index contributed by atoms with van der Waals surface area (Å²) in [6, 6.07) is 1.39. The van der Waals surface area contributed by atoms with Crippen molar-refractivity contribution in [2.75, 3.05) is 19.6 Å². The molecule has 2 nitrogen and oxygen atoms in total. The first-order valence-corrected chi connectivity index (χ1v) is 9.38. The van der Waals surface area contributed by atoms with Gasteiger partial charge < -0.3 is 10.2 Å². The molecule has 0 spiro atoms. The monoisotopic (exact) mass is 294 g/mol. The average Bonchev–Trinajstić information content (AvgIpc) is 2.40. The molecular weight excluding hydrogens is 256 g/mol. The molecule has 0 aromatic rings. The Hall–Kier alpha value is -0.0800. The van der Waals surface area contributed by atoms with Gasteiger partial charge in [-0.15, -0.1) is 0 Å². The van der Waals surface area contributed by atoms with E-state index in [1.54, 1.807) is 0 Å². The highest BCUT2D eigenvalue weighted by molar-refractivity contribution is 4.92. The Labute approximate surface area is 133 Å². The smallest absolute Gasteiger partial charge is 0.00697 e. The van der Waals surface area contributed by atoms with Crippen LogP contribution < -0.4 is 5.32 Å². The Balaban J connectivity index is 2.01. The third-order valence-corrected chi connectivity index (χ3v) is 5.89. The first-order chi connectivity index (χ1) is 9.90. The zero-order chi connectivity index (χ0) is 15.5. The van der Waals surface area contributed by atoms with Crippen molar-refractivity contribution in [3.05, 3.63) is 0 Å². The van der Waals surface area contributed by atoms with Crippen molar-refractivity contribution < 1.29 is 0 Å². The number of rotatable bonds is 5. The highest BCUT2D eigenvalue weighted by Crippen LogP contribution is 2.41. The number of nitrogens with one attached hydrogen (secondary N) is 1. The van der Waals surface area contributed by atoms with E-state index >= 15 is 0 Å². The van der Waals surface area contributed by atoms with Gasteiger partial charge in [0.25, 0.3) is 0 Å². The van der Waals surface area contributed by atoms with E-state index < -0.39 is 0 Å². The zero-order valence-corrected chi connectivity index (χ0v) is 15.1. The van der Waals surface area contributed by atoms with Gasteiger partial charge in [-0.25, -0.2) is 0 Å². The van der Waals surface area contributed by atoms with Gasteiger partial charge in [0.1, 0.15) is 0 Å². The number of piperidine rings is 1. The lowest BCUT2D eigenvalue weighted by Gasteiger charge is -2.47. The van der Waals surface area contributed by atoms with E-state index in [4.69, 9.17) is 0 Å². The minimum Gasteiger partial charge on any atom is -0.314 e. The van der Waals surface area contributed by atoms with E-state index in [-0.39, 0.29) is 0 Å². The molecule has 21 heavy (non-hydrogen) atoms. The highest BCUT2D eigenvalue weighted by Gasteiger charge is 2.38. The predicted octanol–water partition coefficient (Wildman–Crippen LogP) is 4.30. The molecule has 4 unspecified atom stereocenters. The Kier molecular flexibility index (Phi) is 6.14. The molecule has 1 aliphatic heterocycles. The van der Waals surface area contributed by atoms with E-state index in [1.807, 2.05) is 0 Å². The van der Waals surface area contributed by atoms with Crippen molar-refractivity contribution in [3.8, 4) is 0 Å². The van der Waals surface area contributed by atoms with Gasteiger partial charge in [-0.05, 0) is 56.4 Å². The molecule has 4 atom stereocenters. The van der Waals surface area contributed by atoms with Crippen molar-refractivity contribution in [2.24, 2.45) is 17.3 Å². The van der Waals surface area contributed by atoms with Crippen LogP contribution in [0.4, 0.5) is 0 Å². The second kappa shape index (κ2) is 7.46. The molecule has 0 radical (unpaired) electrons. The van der Waals surface area contributed by atoms with Crippen LogP contribution in [0.1, 0.15) is 73.1 Å². The Morgan fingerprint density at radius 1 is 1.14 bits per heavy atom. The number of nitrogens with zero attached hydrogens (tertiary/aromatic N) is 1. The number of hydrogen-bond donors (Lipinski definition) is 1. The van der Waals surface area contributed by atoms with Gasteiger partial charge >= 0.3 is 0 Å². The maximum atomic E-state index is 3.76. The van der Waals surface area contributed by atoms with Crippen LogP contribution in [0.5, 0.6) is 0 Å². The maximum Gasteiger partial charge on any atom is 0.00697 e. The molecule has 0 aromatic carbocycles. The van der Waals surface area contributed by atoms with Crippen LogP contribution in [0.3, 0.4) is 0 Å². The quantitative estimate of drug-likeness (QED) is 0.813. The highest BCUT2D eigenvalue weighted by atomic mass is 15.2. The molecule has 2 rings (SSSR count). The summed E-state index contributed by atoms with van der Waals surface area (Å²) in [5.74, 6) is 1.83. The van der Waals surface area contributed by atoms with Crippen LogP contribution in [0.2, 0.25) is 0 Å². The summed E-state index contributed by atoms with van der Waals surface area (Å²) in [6.07, 6.45) is 8.51. The molecule has 1 saturated heterocycles. The molecule has 1 saturated carbocycles. The van der Waals surface area contributed by atoms with Crippen LogP contribution >= 0.6 is 0 Å². The fourth-order valence-electron chi connectivity index (χ4n) is 4.67. The van der Waals surface area contributed by atoms with Gasteiger partial charge in [0, 0.05) is 25.2 Å². The van der Waals surface area contributed by atoms with Crippen molar-refractivity contribution >= 4 is 0 Å². The summed E-state index contributed by atoms with van der Waals surface area (Å²) in [7, 11) is 0. The molecule has 2 aliphatic rings. The standard InChI is InChI=1S/C19H38N2/c1-15(2)20-13-19(9-6-7-17(4)12-19)14-21-10-8-16(3)11-18(21)5/h15-18,20H,6-14H2,1-5H3. The summed E-state index contributed by atoms with van der Waals surface area (Å²) in [5.41, 5.74) is 0.525. The normalized spacial score (nSPS) is 38.9. The lowest BCUT2D eigenvalue weighted by atomic mass is 9.69. The fraction of sp³-hybridized carbons (Fsp3) is 1.00. The number of hydrogen-bond acceptors (Lipinski definition) is 2. The molecule has 124 valence electrons. The SMILES string of the molecule is CC1CCN(CC2(CNC(C)C)CCCC(C)C2)C(C)C1. The molecule has 0 aromatic heterocycles. The Morgan fingerprint density at radius 3 is 2.52 bits per heavy atom. The predicted molar refractivity (Wildman–Crippen MR) is 92.6 cm³/mol. The summed E-state index contributed by atoms with van der Waals surface area (Å²) in [5, 5.41) is 3.76. The fourth-order valence-corrected chi connectivity index (χ4v) is 4.67. The largest absolute Gasteiger partial charge is 0.314 e. The summed E-state index contributed by atoms with van der Waals surface area (Å²) in [4.78, 5) is 2.81. The average molecular weight is 295 g/mol. The number of likely N-dealkylation sites (tertiary alicyclic amines) is 1. The Morgan fingerprint density at radius 2 is 1.90 bits per heavy atom. The minimum absolute atomic E-state index is 0.525. The van der Waals surface area contributed by atoms with E-state index in [9.17, 15) is 0 Å². The van der Waals surface area contributed by atoms with Crippen molar-refractivity contribution in [2.45, 2.75) is 85.2 Å². The van der Waals surface area contributed by atoms with Gasteiger partial charge in [0.05, 0.1) is 0 Å². The molecule has 0 bridgehead atoms. The second-order valence-corrected chi connectivity index (χ2v) is 8.69. The third-order valence-electron chi connectivity index (χ3n) is 5.89. The summed E-state index contributed by atoms with van der Waals surface area (Å²) >= 11 is 0. The molecule has 1 heterocycles. The summed E-state index contributed by atoms with van der Waals surface area (Å²) < 4.78 is 0. The lowest BCUT2D eigenvalue weighted by molar-refractivity contribution is 0.0350. The van der Waals surface area contributed by atoms with Crippen molar-refractivity contribution in [3.63, 3.8) is 0 Å². The molecule has 0 amide bonds. The molecule has 2 heteroatoms. The van der Waals surface area contributed by atoms with Gasteiger partial charge in [-0.3, -0.25) is 0 Å². The zero-order valence-electron chi connectivity index (χ0n) is 15.1. The Bertz CT molecular complexity index is 315. The third kappa shape index (κ3) is 4.96. The van der Waals surface area contributed by atoms with Crippen LogP contribution in [-0.2, 0) is 0 Å². The van der Waals surface area contributed by atoms with Gasteiger partial charge in [0.2, 0.25) is 0 Å². The van der Waals surface area contributed by atoms with Crippen LogP contribution in [-0.4, -0.2) is 36.6 Å². The first-order valence-electron chi connectivity index (χ1n) is 9.38. The second-order valence-electron chi connectivity index (χ2n) is 8.69. The summed E-state index contributed by atoms with van der Waals surface area (Å²) in [6.45, 7) is 15.8. The van der Waals surface area contributed by atoms with Crippen molar-refractivity contribution in [1.82, 2.24) is 10.2 Å². The lowest BCUT2D eigenvalue weighted by Crippen LogP contribution is -2.51. The van der Waals surface area contributed by atoms with E-state index in [0.717, 1.165) is 17.9 Å². The van der Waals surface area contributed by atoms with E-state index in [0.29, 0.717) is 11.5 Å². The molecule has 1 aliphatic carbocycles. The molecular formula is C19H38N2.